The molecule has 2 rings (SSSR count). The van der Waals surface area contributed by atoms with Gasteiger partial charge in [0.05, 0.1) is 11.0 Å². The van der Waals surface area contributed by atoms with E-state index in [-0.39, 0.29) is 5.69 Å². The lowest BCUT2D eigenvalue weighted by atomic mass is 10.1. The van der Waals surface area contributed by atoms with E-state index in [9.17, 15) is 4.79 Å². The molecule has 3 heteroatoms. The molecule has 2 aromatic rings. The van der Waals surface area contributed by atoms with Crippen LogP contribution in [0, 0.1) is 13.8 Å². The van der Waals surface area contributed by atoms with Gasteiger partial charge in [0.25, 0.3) is 0 Å². The summed E-state index contributed by atoms with van der Waals surface area (Å²) >= 11 is 0. The van der Waals surface area contributed by atoms with Crippen molar-refractivity contribution in [3.8, 4) is 0 Å². The second-order valence-electron chi connectivity index (χ2n) is 5.10. The number of aromatic amines is 1. The minimum absolute atomic E-state index is 0.0199. The molecular weight excluding hydrogens is 224 g/mol. The Morgan fingerprint density at radius 2 is 1.83 bits per heavy atom. The first kappa shape index (κ1) is 12.9. The first-order chi connectivity index (χ1) is 8.63. The summed E-state index contributed by atoms with van der Waals surface area (Å²) in [5.74, 6) is 0. The molecule has 0 fully saturated rings. The predicted molar refractivity (Wildman–Crippen MR) is 76.2 cm³/mol. The minimum Gasteiger partial charge on any atom is -0.306 e. The van der Waals surface area contributed by atoms with Crippen molar-refractivity contribution < 1.29 is 0 Å². The van der Waals surface area contributed by atoms with Gasteiger partial charge in [-0.25, -0.2) is 4.79 Å². The molecule has 3 nitrogen and oxygen atoms in total. The first-order valence-corrected chi connectivity index (χ1v) is 6.83. The third-order valence-electron chi connectivity index (χ3n) is 3.62. The normalized spacial score (nSPS) is 11.3. The molecule has 0 aliphatic rings. The lowest BCUT2D eigenvalue weighted by Gasteiger charge is -2.05. The standard InChI is InChI=1S/C15H22N2O/c1-4-5-6-7-8-17-14-10-12(3)11(2)9-13(14)16-15(17)18/h9-10H,4-8H2,1-3H3,(H,16,18). The van der Waals surface area contributed by atoms with E-state index in [4.69, 9.17) is 0 Å². The van der Waals surface area contributed by atoms with E-state index in [0.29, 0.717) is 0 Å². The Hall–Kier alpha value is -1.51. The molecule has 0 radical (unpaired) electrons. The quantitative estimate of drug-likeness (QED) is 0.805. The van der Waals surface area contributed by atoms with E-state index in [0.717, 1.165) is 24.0 Å². The lowest BCUT2D eigenvalue weighted by molar-refractivity contribution is 0.581. The fourth-order valence-electron chi connectivity index (χ4n) is 2.34. The average Bonchev–Trinajstić information content (AvgIpc) is 2.62. The number of aryl methyl sites for hydroxylation is 3. The molecule has 0 amide bonds. The largest absolute Gasteiger partial charge is 0.326 e. The predicted octanol–water partition coefficient (Wildman–Crippen LogP) is 3.53. The van der Waals surface area contributed by atoms with Crippen LogP contribution in [-0.2, 0) is 6.54 Å². The molecule has 0 aliphatic carbocycles. The molecule has 18 heavy (non-hydrogen) atoms. The van der Waals surface area contributed by atoms with Crippen LogP contribution in [0.15, 0.2) is 16.9 Å². The maximum absolute atomic E-state index is 11.9. The van der Waals surface area contributed by atoms with Gasteiger partial charge >= 0.3 is 5.69 Å². The van der Waals surface area contributed by atoms with E-state index in [2.05, 4.69) is 37.9 Å². The molecule has 98 valence electrons. The Morgan fingerprint density at radius 3 is 2.56 bits per heavy atom. The number of nitrogens with one attached hydrogen (secondary N) is 1. The van der Waals surface area contributed by atoms with Crippen LogP contribution in [0.5, 0.6) is 0 Å². The number of nitrogens with zero attached hydrogens (tertiary/aromatic N) is 1. The molecule has 1 aromatic carbocycles. The van der Waals surface area contributed by atoms with Crippen LogP contribution < -0.4 is 5.69 Å². The van der Waals surface area contributed by atoms with Crippen molar-refractivity contribution in [2.75, 3.05) is 0 Å². The van der Waals surface area contributed by atoms with Gasteiger partial charge in [0.1, 0.15) is 0 Å². The summed E-state index contributed by atoms with van der Waals surface area (Å²) in [6.07, 6.45) is 4.74. The monoisotopic (exact) mass is 246 g/mol. The molecule has 1 heterocycles. The number of hydrogen-bond acceptors (Lipinski definition) is 1. The highest BCUT2D eigenvalue weighted by atomic mass is 16.1. The molecular formula is C15H22N2O. The third kappa shape index (κ3) is 2.50. The number of rotatable bonds is 5. The van der Waals surface area contributed by atoms with Crippen LogP contribution in [-0.4, -0.2) is 9.55 Å². The number of H-pyrrole nitrogens is 1. The van der Waals surface area contributed by atoms with Gasteiger partial charge in [-0.2, -0.15) is 0 Å². The zero-order chi connectivity index (χ0) is 13.1. The maximum atomic E-state index is 11.9. The van der Waals surface area contributed by atoms with Crippen molar-refractivity contribution >= 4 is 11.0 Å². The van der Waals surface area contributed by atoms with Crippen molar-refractivity contribution in [1.29, 1.82) is 0 Å². The second-order valence-corrected chi connectivity index (χ2v) is 5.10. The Labute approximate surface area is 108 Å². The summed E-state index contributed by atoms with van der Waals surface area (Å²) in [4.78, 5) is 14.9. The summed E-state index contributed by atoms with van der Waals surface area (Å²) in [7, 11) is 0. The fourth-order valence-corrected chi connectivity index (χ4v) is 2.34. The molecule has 0 aliphatic heterocycles. The van der Waals surface area contributed by atoms with E-state index in [1.807, 2.05) is 4.57 Å². The molecule has 0 spiro atoms. The van der Waals surface area contributed by atoms with Crippen molar-refractivity contribution in [2.24, 2.45) is 0 Å². The summed E-state index contributed by atoms with van der Waals surface area (Å²) in [5, 5.41) is 0. The van der Waals surface area contributed by atoms with Gasteiger partial charge in [0.15, 0.2) is 0 Å². The highest BCUT2D eigenvalue weighted by Gasteiger charge is 2.07. The SMILES string of the molecule is CCCCCCn1c(=O)[nH]c2cc(C)c(C)cc21. The maximum Gasteiger partial charge on any atom is 0.326 e. The highest BCUT2D eigenvalue weighted by Crippen LogP contribution is 2.17. The van der Waals surface area contributed by atoms with Gasteiger partial charge in [-0.1, -0.05) is 26.2 Å². The number of hydrogen-bond donors (Lipinski definition) is 1. The van der Waals surface area contributed by atoms with E-state index in [1.165, 1.54) is 30.4 Å². The van der Waals surface area contributed by atoms with Crippen LogP contribution in [0.1, 0.15) is 43.7 Å². The molecule has 0 saturated heterocycles. The van der Waals surface area contributed by atoms with Crippen LogP contribution >= 0.6 is 0 Å². The summed E-state index contributed by atoms with van der Waals surface area (Å²) in [5.41, 5.74) is 4.48. The first-order valence-electron chi connectivity index (χ1n) is 6.83. The van der Waals surface area contributed by atoms with E-state index >= 15 is 0 Å². The van der Waals surface area contributed by atoms with E-state index < -0.39 is 0 Å². The Morgan fingerprint density at radius 1 is 1.11 bits per heavy atom. The van der Waals surface area contributed by atoms with Crippen molar-refractivity contribution in [2.45, 2.75) is 53.0 Å². The number of unbranched alkanes of at least 4 members (excludes halogenated alkanes) is 3. The van der Waals surface area contributed by atoms with Gasteiger partial charge in [0, 0.05) is 6.54 Å². The lowest BCUT2D eigenvalue weighted by Crippen LogP contribution is -2.16. The van der Waals surface area contributed by atoms with Gasteiger partial charge in [-0.3, -0.25) is 4.57 Å². The van der Waals surface area contributed by atoms with Crippen molar-refractivity contribution in [3.63, 3.8) is 0 Å². The molecule has 0 unspecified atom stereocenters. The summed E-state index contributed by atoms with van der Waals surface area (Å²) < 4.78 is 1.87. The average molecular weight is 246 g/mol. The molecule has 1 N–H and O–H groups in total. The van der Waals surface area contributed by atoms with Crippen LogP contribution in [0.3, 0.4) is 0 Å². The van der Waals surface area contributed by atoms with Gasteiger partial charge in [-0.15, -0.1) is 0 Å². The summed E-state index contributed by atoms with van der Waals surface area (Å²) in [6, 6.07) is 4.18. The van der Waals surface area contributed by atoms with Crippen molar-refractivity contribution in [1.82, 2.24) is 9.55 Å². The molecule has 0 bridgehead atoms. The number of fused-ring (bicyclic) bond motifs is 1. The van der Waals surface area contributed by atoms with Crippen LogP contribution in [0.2, 0.25) is 0 Å². The van der Waals surface area contributed by atoms with Gasteiger partial charge in [-0.05, 0) is 43.5 Å². The minimum atomic E-state index is 0.0199. The molecule has 1 aromatic heterocycles. The Kier molecular flexibility index (Phi) is 3.90. The third-order valence-corrected chi connectivity index (χ3v) is 3.62. The molecule has 0 saturated carbocycles. The zero-order valence-electron chi connectivity index (χ0n) is 11.5. The van der Waals surface area contributed by atoms with Crippen LogP contribution in [0.25, 0.3) is 11.0 Å². The Balaban J connectivity index is 2.29. The van der Waals surface area contributed by atoms with Crippen LogP contribution in [0.4, 0.5) is 0 Å². The second kappa shape index (κ2) is 5.42. The Bertz CT molecular complexity index is 592. The number of imidazole rings is 1. The molecule has 0 atom stereocenters. The van der Waals surface area contributed by atoms with Gasteiger partial charge in [0.2, 0.25) is 0 Å². The zero-order valence-corrected chi connectivity index (χ0v) is 11.5. The van der Waals surface area contributed by atoms with E-state index in [1.54, 1.807) is 0 Å². The smallest absolute Gasteiger partial charge is 0.306 e. The summed E-state index contributed by atoms with van der Waals surface area (Å²) in [6.45, 7) is 7.19. The number of aromatic nitrogens is 2. The topological polar surface area (TPSA) is 37.8 Å². The van der Waals surface area contributed by atoms with Crippen molar-refractivity contribution in [3.05, 3.63) is 33.7 Å². The number of benzene rings is 1. The van der Waals surface area contributed by atoms with Gasteiger partial charge < -0.3 is 4.98 Å². The highest BCUT2D eigenvalue weighted by molar-refractivity contribution is 5.77. The fraction of sp³-hybridized carbons (Fsp3) is 0.533.